The summed E-state index contributed by atoms with van der Waals surface area (Å²) in [4.78, 5) is 15.9. The number of aromatic nitrogens is 4. The van der Waals surface area contributed by atoms with Crippen molar-refractivity contribution in [2.75, 3.05) is 6.54 Å². The third-order valence-corrected chi connectivity index (χ3v) is 6.73. The van der Waals surface area contributed by atoms with Crippen molar-refractivity contribution >= 4 is 5.91 Å². The topological polar surface area (TPSA) is 63.9 Å². The lowest BCUT2D eigenvalue weighted by molar-refractivity contribution is 0.0288. The van der Waals surface area contributed by atoms with Crippen LogP contribution in [-0.4, -0.2) is 37.6 Å². The van der Waals surface area contributed by atoms with E-state index in [2.05, 4.69) is 26.5 Å². The summed E-state index contributed by atoms with van der Waals surface area (Å²) in [5.41, 5.74) is 2.61. The molecular formula is C22H27N5O. The van der Waals surface area contributed by atoms with Crippen LogP contribution in [0.3, 0.4) is 0 Å². The fourth-order valence-electron chi connectivity index (χ4n) is 5.27. The van der Waals surface area contributed by atoms with E-state index in [4.69, 9.17) is 0 Å². The molecule has 6 heteroatoms. The Hall–Kier alpha value is -2.50. The number of fused-ring (bicyclic) bond motifs is 4. The van der Waals surface area contributed by atoms with Crippen LogP contribution in [0, 0.1) is 0 Å². The second kappa shape index (κ2) is 7.15. The van der Waals surface area contributed by atoms with Gasteiger partial charge in [-0.2, -0.15) is 4.68 Å². The molecule has 0 unspecified atom stereocenters. The molecular weight excluding hydrogens is 350 g/mol. The smallest absolute Gasteiger partial charge is 0.256 e. The van der Waals surface area contributed by atoms with Gasteiger partial charge in [0.25, 0.3) is 5.91 Å². The maximum Gasteiger partial charge on any atom is 0.256 e. The van der Waals surface area contributed by atoms with E-state index in [9.17, 15) is 4.79 Å². The Labute approximate surface area is 165 Å². The van der Waals surface area contributed by atoms with Crippen molar-refractivity contribution in [3.05, 3.63) is 47.3 Å². The summed E-state index contributed by atoms with van der Waals surface area (Å²) < 4.78 is 1.82. The molecule has 1 aromatic heterocycles. The largest absolute Gasteiger partial charge is 0.325 e. The normalized spacial score (nSPS) is 21.1. The average molecular weight is 377 g/mol. The lowest BCUT2D eigenvalue weighted by atomic mass is 9.79. The number of nitrogens with zero attached hydrogens (tertiary/aromatic N) is 5. The number of carbonyl (C=O) groups is 1. The van der Waals surface area contributed by atoms with E-state index in [-0.39, 0.29) is 5.91 Å². The van der Waals surface area contributed by atoms with Crippen molar-refractivity contribution in [1.82, 2.24) is 25.1 Å². The molecule has 0 atom stereocenters. The maximum atomic E-state index is 13.8. The minimum Gasteiger partial charge on any atom is -0.325 e. The molecule has 1 aliphatic heterocycles. The summed E-state index contributed by atoms with van der Waals surface area (Å²) >= 11 is 0. The van der Waals surface area contributed by atoms with E-state index in [1.54, 1.807) is 0 Å². The third kappa shape index (κ3) is 2.77. The minimum absolute atomic E-state index is 0.112. The van der Waals surface area contributed by atoms with Crippen LogP contribution < -0.4 is 0 Å². The van der Waals surface area contributed by atoms with Crippen LogP contribution in [-0.2, 0) is 5.54 Å². The van der Waals surface area contributed by atoms with Gasteiger partial charge in [-0.15, -0.1) is 5.10 Å². The van der Waals surface area contributed by atoms with Crippen molar-refractivity contribution < 1.29 is 4.79 Å². The van der Waals surface area contributed by atoms with Gasteiger partial charge < -0.3 is 4.90 Å². The lowest BCUT2D eigenvalue weighted by Crippen LogP contribution is -2.51. The Morgan fingerprint density at radius 2 is 1.89 bits per heavy atom. The van der Waals surface area contributed by atoms with Crippen molar-refractivity contribution in [3.63, 3.8) is 0 Å². The number of benzene rings is 1. The summed E-state index contributed by atoms with van der Waals surface area (Å²) in [5.74, 6) is 0.948. The van der Waals surface area contributed by atoms with Gasteiger partial charge in [0, 0.05) is 6.54 Å². The predicted molar refractivity (Wildman–Crippen MR) is 106 cm³/mol. The summed E-state index contributed by atoms with van der Waals surface area (Å²) in [6.07, 6.45) is 13.5. The fourth-order valence-corrected chi connectivity index (χ4v) is 5.27. The Balaban J connectivity index is 1.60. The molecule has 0 bridgehead atoms. The molecule has 6 nitrogen and oxygen atoms in total. The first-order valence-electron chi connectivity index (χ1n) is 10.7. The molecule has 0 radical (unpaired) electrons. The van der Waals surface area contributed by atoms with Crippen LogP contribution in [0.1, 0.15) is 80.4 Å². The first-order chi connectivity index (χ1) is 13.8. The predicted octanol–water partition coefficient (Wildman–Crippen LogP) is 4.17. The van der Waals surface area contributed by atoms with Gasteiger partial charge in [0.2, 0.25) is 0 Å². The zero-order valence-electron chi connectivity index (χ0n) is 16.3. The molecule has 0 saturated heterocycles. The first-order valence-corrected chi connectivity index (χ1v) is 10.7. The van der Waals surface area contributed by atoms with Crippen molar-refractivity contribution in [3.8, 4) is 5.69 Å². The third-order valence-electron chi connectivity index (χ3n) is 6.73. The number of carbonyl (C=O) groups excluding carboxylic acids is 1. The summed E-state index contributed by atoms with van der Waals surface area (Å²) in [6, 6.07) is 7.75. The molecule has 2 aromatic rings. The van der Waals surface area contributed by atoms with E-state index < -0.39 is 5.54 Å². The van der Waals surface area contributed by atoms with E-state index in [0.29, 0.717) is 5.56 Å². The van der Waals surface area contributed by atoms with Gasteiger partial charge in [-0.3, -0.25) is 4.79 Å². The molecule has 5 rings (SSSR count). The second-order valence-electron chi connectivity index (χ2n) is 8.34. The fraction of sp³-hybridized carbons (Fsp3) is 0.545. The second-order valence-corrected chi connectivity index (χ2v) is 8.34. The first kappa shape index (κ1) is 17.6. The van der Waals surface area contributed by atoms with Crippen LogP contribution in [0.25, 0.3) is 5.69 Å². The number of allylic oxidation sites excluding steroid dienone is 1. The van der Waals surface area contributed by atoms with Crippen LogP contribution in [0.4, 0.5) is 0 Å². The highest BCUT2D eigenvalue weighted by Gasteiger charge is 2.48. The van der Waals surface area contributed by atoms with E-state index >= 15 is 0 Å². The van der Waals surface area contributed by atoms with Crippen LogP contribution in [0.15, 0.2) is 35.9 Å². The zero-order chi connectivity index (χ0) is 19.0. The highest BCUT2D eigenvalue weighted by molar-refractivity contribution is 5.99. The molecule has 1 spiro atoms. The van der Waals surface area contributed by atoms with Crippen molar-refractivity contribution in [2.24, 2.45) is 0 Å². The lowest BCUT2D eigenvalue weighted by Gasteiger charge is -2.44. The van der Waals surface area contributed by atoms with Crippen LogP contribution >= 0.6 is 0 Å². The van der Waals surface area contributed by atoms with Gasteiger partial charge in [0.05, 0.1) is 11.3 Å². The quantitative estimate of drug-likeness (QED) is 0.753. The highest BCUT2D eigenvalue weighted by Crippen LogP contribution is 2.45. The van der Waals surface area contributed by atoms with Crippen LogP contribution in [0.2, 0.25) is 0 Å². The molecule has 1 saturated carbocycles. The van der Waals surface area contributed by atoms with E-state index in [1.807, 2.05) is 28.9 Å². The Bertz CT molecular complexity index is 909. The van der Waals surface area contributed by atoms with Crippen molar-refractivity contribution in [1.29, 1.82) is 0 Å². The number of amides is 1. The standard InChI is InChI=1S/C22H27N5O/c28-20-18-11-5-6-12-19(18)27-21(23-24-25-27)22(14-7-2-8-15-22)26(20)16-13-17-9-3-1-4-10-17/h5-6,9,11-12H,1-4,7-8,10,13-16H2. The molecule has 3 aliphatic rings. The van der Waals surface area contributed by atoms with Gasteiger partial charge >= 0.3 is 0 Å². The maximum absolute atomic E-state index is 13.8. The zero-order valence-corrected chi connectivity index (χ0v) is 16.3. The summed E-state index contributed by atoms with van der Waals surface area (Å²) in [5, 5.41) is 12.8. The number of tetrazole rings is 1. The SMILES string of the molecule is O=C1c2ccccc2-n2nnnc2C2(CCCCC2)N1CCC1=CCCCC1. The number of hydrogen-bond donors (Lipinski definition) is 0. The molecule has 146 valence electrons. The molecule has 0 N–H and O–H groups in total. The summed E-state index contributed by atoms with van der Waals surface area (Å²) in [6.45, 7) is 0.742. The molecule has 2 heterocycles. The van der Waals surface area contributed by atoms with E-state index in [0.717, 1.165) is 50.2 Å². The Morgan fingerprint density at radius 1 is 1.04 bits per heavy atom. The van der Waals surface area contributed by atoms with Crippen molar-refractivity contribution in [2.45, 2.75) is 69.7 Å². The molecule has 2 aliphatic carbocycles. The van der Waals surface area contributed by atoms with Crippen LogP contribution in [0.5, 0.6) is 0 Å². The van der Waals surface area contributed by atoms with Gasteiger partial charge in [-0.1, -0.05) is 43.0 Å². The minimum atomic E-state index is -0.396. The highest BCUT2D eigenvalue weighted by atomic mass is 16.2. The Morgan fingerprint density at radius 3 is 2.71 bits per heavy atom. The monoisotopic (exact) mass is 377 g/mol. The number of para-hydroxylation sites is 1. The number of rotatable bonds is 3. The molecule has 28 heavy (non-hydrogen) atoms. The molecule has 1 aromatic carbocycles. The van der Waals surface area contributed by atoms with Gasteiger partial charge in [-0.25, -0.2) is 0 Å². The molecule has 1 amide bonds. The Kier molecular flexibility index (Phi) is 4.49. The average Bonchev–Trinajstić information content (AvgIpc) is 3.23. The van der Waals surface area contributed by atoms with Gasteiger partial charge in [0.15, 0.2) is 5.82 Å². The molecule has 1 fully saturated rings. The summed E-state index contributed by atoms with van der Waals surface area (Å²) in [7, 11) is 0. The number of hydrogen-bond acceptors (Lipinski definition) is 4. The van der Waals surface area contributed by atoms with Gasteiger partial charge in [0.1, 0.15) is 5.54 Å². The van der Waals surface area contributed by atoms with Gasteiger partial charge in [-0.05, 0) is 67.5 Å². The van der Waals surface area contributed by atoms with E-state index in [1.165, 1.54) is 37.7 Å².